The molecule has 0 saturated heterocycles. The fraction of sp³-hybridized carbons (Fsp3) is 0. The molecule has 1 heterocycles. The normalized spacial score (nSPS) is 10.3. The molecular weight excluding hydrogens is 295 g/mol. The molecule has 0 fully saturated rings. The summed E-state index contributed by atoms with van der Waals surface area (Å²) in [6, 6.07) is 15.1. The van der Waals surface area contributed by atoms with Crippen LogP contribution >= 0.6 is 0 Å². The molecule has 3 aromatic rings. The van der Waals surface area contributed by atoms with Crippen molar-refractivity contribution in [3.63, 3.8) is 0 Å². The third-order valence-electron chi connectivity index (χ3n) is 3.21. The summed E-state index contributed by atoms with van der Waals surface area (Å²) < 4.78 is 13.8. The summed E-state index contributed by atoms with van der Waals surface area (Å²) in [7, 11) is 0. The Morgan fingerprint density at radius 3 is 2.43 bits per heavy atom. The fourth-order valence-corrected chi connectivity index (χ4v) is 2.06. The second-order valence-electron chi connectivity index (χ2n) is 4.79. The average Bonchev–Trinajstić information content (AvgIpc) is 2.56. The van der Waals surface area contributed by atoms with E-state index in [1.165, 1.54) is 12.3 Å². The highest BCUT2D eigenvalue weighted by atomic mass is 19.1. The molecular formula is C17H13FN4O. The molecule has 5 nitrogen and oxygen atoms in total. The van der Waals surface area contributed by atoms with E-state index in [-0.39, 0.29) is 22.8 Å². The predicted octanol–water partition coefficient (Wildman–Crippen LogP) is 3.12. The molecule has 0 bridgehead atoms. The summed E-state index contributed by atoms with van der Waals surface area (Å²) >= 11 is 0. The Balaban J connectivity index is 1.88. The van der Waals surface area contributed by atoms with Crippen LogP contribution in [0, 0.1) is 5.82 Å². The van der Waals surface area contributed by atoms with Crippen LogP contribution in [0.4, 0.5) is 15.9 Å². The van der Waals surface area contributed by atoms with E-state index < -0.39 is 11.7 Å². The Morgan fingerprint density at radius 2 is 1.74 bits per heavy atom. The number of anilines is 2. The summed E-state index contributed by atoms with van der Waals surface area (Å²) in [6.07, 6.45) is 1.29. The number of nitrogens with zero attached hydrogens (tertiary/aromatic N) is 2. The van der Waals surface area contributed by atoms with Crippen LogP contribution in [0.5, 0.6) is 0 Å². The third kappa shape index (κ3) is 3.16. The van der Waals surface area contributed by atoms with E-state index >= 15 is 0 Å². The largest absolute Gasteiger partial charge is 0.383 e. The van der Waals surface area contributed by atoms with Crippen molar-refractivity contribution >= 4 is 17.4 Å². The summed E-state index contributed by atoms with van der Waals surface area (Å²) in [5.74, 6) is -0.745. The van der Waals surface area contributed by atoms with Gasteiger partial charge in [0, 0.05) is 11.9 Å². The van der Waals surface area contributed by atoms with Gasteiger partial charge in [0.1, 0.15) is 17.2 Å². The molecule has 0 saturated carbocycles. The van der Waals surface area contributed by atoms with Gasteiger partial charge in [0.25, 0.3) is 5.91 Å². The first-order valence-corrected chi connectivity index (χ1v) is 6.89. The van der Waals surface area contributed by atoms with Crippen LogP contribution < -0.4 is 11.1 Å². The topological polar surface area (TPSA) is 80.9 Å². The predicted molar refractivity (Wildman–Crippen MR) is 86.2 cm³/mol. The molecule has 114 valence electrons. The van der Waals surface area contributed by atoms with Gasteiger partial charge < -0.3 is 11.1 Å². The van der Waals surface area contributed by atoms with Crippen LogP contribution in [0.3, 0.4) is 0 Å². The van der Waals surface area contributed by atoms with E-state index in [4.69, 9.17) is 5.73 Å². The van der Waals surface area contributed by atoms with Crippen LogP contribution in [-0.2, 0) is 0 Å². The number of hydrogen-bond acceptors (Lipinski definition) is 4. The standard InChI is InChI=1S/C17H13FN4O/c18-14-9-5-4-8-12(14)16-20-10-13(15(19)22-16)17(23)21-11-6-2-1-3-7-11/h1-10H,(H,21,23)(H2,19,20,22). The lowest BCUT2D eigenvalue weighted by Gasteiger charge is -2.08. The Morgan fingerprint density at radius 1 is 1.04 bits per heavy atom. The highest BCUT2D eigenvalue weighted by Crippen LogP contribution is 2.21. The number of nitrogens with one attached hydrogen (secondary N) is 1. The van der Waals surface area contributed by atoms with Gasteiger partial charge in [-0.3, -0.25) is 4.79 Å². The molecule has 3 rings (SSSR count). The minimum Gasteiger partial charge on any atom is -0.383 e. The number of benzene rings is 2. The van der Waals surface area contributed by atoms with Crippen molar-refractivity contribution in [1.82, 2.24) is 9.97 Å². The molecule has 1 aromatic heterocycles. The first-order chi connectivity index (χ1) is 11.1. The Bertz CT molecular complexity index is 852. The summed E-state index contributed by atoms with van der Waals surface area (Å²) in [5.41, 5.74) is 6.83. The lowest BCUT2D eigenvalue weighted by Crippen LogP contribution is -2.15. The highest BCUT2D eigenvalue weighted by Gasteiger charge is 2.15. The molecule has 0 aliphatic rings. The number of carbonyl (C=O) groups excluding carboxylic acids is 1. The Kier molecular flexibility index (Phi) is 3.97. The van der Waals surface area contributed by atoms with E-state index in [0.29, 0.717) is 5.69 Å². The van der Waals surface area contributed by atoms with Crippen LogP contribution in [0.15, 0.2) is 60.8 Å². The Hall–Kier alpha value is -3.28. The Labute approximate surface area is 132 Å². The zero-order valence-corrected chi connectivity index (χ0v) is 12.0. The van der Waals surface area contributed by atoms with Crippen molar-refractivity contribution in [3.8, 4) is 11.4 Å². The number of halogens is 1. The van der Waals surface area contributed by atoms with E-state index in [1.54, 1.807) is 42.5 Å². The average molecular weight is 308 g/mol. The molecule has 1 amide bonds. The van der Waals surface area contributed by atoms with E-state index in [2.05, 4.69) is 15.3 Å². The lowest BCUT2D eigenvalue weighted by atomic mass is 10.2. The van der Waals surface area contributed by atoms with Crippen molar-refractivity contribution in [2.45, 2.75) is 0 Å². The van der Waals surface area contributed by atoms with E-state index in [1.807, 2.05) is 6.07 Å². The highest BCUT2D eigenvalue weighted by molar-refractivity contribution is 6.07. The van der Waals surface area contributed by atoms with Gasteiger partial charge in [0.2, 0.25) is 0 Å². The molecule has 0 aliphatic carbocycles. The molecule has 3 N–H and O–H groups in total. The molecule has 0 atom stereocenters. The van der Waals surface area contributed by atoms with Gasteiger partial charge >= 0.3 is 0 Å². The SMILES string of the molecule is Nc1nc(-c2ccccc2F)ncc1C(=O)Nc1ccccc1. The van der Waals surface area contributed by atoms with Gasteiger partial charge in [-0.15, -0.1) is 0 Å². The van der Waals surface area contributed by atoms with Gasteiger partial charge in [0.15, 0.2) is 5.82 Å². The maximum Gasteiger partial charge on any atom is 0.260 e. The molecule has 23 heavy (non-hydrogen) atoms. The maximum atomic E-state index is 13.8. The number of amides is 1. The van der Waals surface area contributed by atoms with Crippen molar-refractivity contribution in [2.75, 3.05) is 11.1 Å². The smallest absolute Gasteiger partial charge is 0.260 e. The number of para-hydroxylation sites is 1. The fourth-order valence-electron chi connectivity index (χ4n) is 2.06. The van der Waals surface area contributed by atoms with Crippen molar-refractivity contribution in [2.24, 2.45) is 0 Å². The van der Waals surface area contributed by atoms with Crippen LogP contribution in [0.2, 0.25) is 0 Å². The first kappa shape index (κ1) is 14.6. The number of aromatic nitrogens is 2. The number of carbonyl (C=O) groups is 1. The lowest BCUT2D eigenvalue weighted by molar-refractivity contribution is 0.102. The van der Waals surface area contributed by atoms with E-state index in [0.717, 1.165) is 0 Å². The number of nitrogen functional groups attached to an aromatic ring is 1. The second-order valence-corrected chi connectivity index (χ2v) is 4.79. The van der Waals surface area contributed by atoms with Gasteiger partial charge in [-0.1, -0.05) is 30.3 Å². The van der Waals surface area contributed by atoms with Crippen LogP contribution in [-0.4, -0.2) is 15.9 Å². The van der Waals surface area contributed by atoms with Crippen molar-refractivity contribution in [1.29, 1.82) is 0 Å². The second kappa shape index (κ2) is 6.23. The maximum absolute atomic E-state index is 13.8. The minimum absolute atomic E-state index is 0.00770. The number of nitrogens with two attached hydrogens (primary N) is 1. The van der Waals surface area contributed by atoms with E-state index in [9.17, 15) is 9.18 Å². The summed E-state index contributed by atoms with van der Waals surface area (Å²) in [6.45, 7) is 0. The molecule has 2 aromatic carbocycles. The quantitative estimate of drug-likeness (QED) is 0.779. The zero-order chi connectivity index (χ0) is 16.2. The number of rotatable bonds is 3. The third-order valence-corrected chi connectivity index (χ3v) is 3.21. The van der Waals surface area contributed by atoms with Crippen LogP contribution in [0.1, 0.15) is 10.4 Å². The zero-order valence-electron chi connectivity index (χ0n) is 12.0. The summed E-state index contributed by atoms with van der Waals surface area (Å²) in [4.78, 5) is 20.3. The molecule has 0 aliphatic heterocycles. The molecule has 6 heteroatoms. The van der Waals surface area contributed by atoms with Gasteiger partial charge in [-0.05, 0) is 24.3 Å². The van der Waals surface area contributed by atoms with Gasteiger partial charge in [-0.2, -0.15) is 0 Å². The molecule has 0 radical (unpaired) electrons. The van der Waals surface area contributed by atoms with Gasteiger partial charge in [-0.25, -0.2) is 14.4 Å². The van der Waals surface area contributed by atoms with Crippen LogP contribution in [0.25, 0.3) is 11.4 Å². The molecule has 0 spiro atoms. The first-order valence-electron chi connectivity index (χ1n) is 6.89. The van der Waals surface area contributed by atoms with Crippen molar-refractivity contribution in [3.05, 3.63) is 72.2 Å². The monoisotopic (exact) mass is 308 g/mol. The molecule has 0 unspecified atom stereocenters. The minimum atomic E-state index is -0.451. The van der Waals surface area contributed by atoms with Crippen molar-refractivity contribution < 1.29 is 9.18 Å². The number of hydrogen-bond donors (Lipinski definition) is 2. The van der Waals surface area contributed by atoms with Gasteiger partial charge in [0.05, 0.1) is 5.56 Å². The summed E-state index contributed by atoms with van der Waals surface area (Å²) in [5, 5.41) is 2.70.